The number of hydrogen-bond donors (Lipinski definition) is 2. The second kappa shape index (κ2) is 6.49. The second-order valence-corrected chi connectivity index (χ2v) is 8.36. The van der Waals surface area contributed by atoms with Crippen molar-refractivity contribution in [1.82, 2.24) is 9.55 Å². The Kier molecular flexibility index (Phi) is 3.82. The zero-order valence-electron chi connectivity index (χ0n) is 16.9. The van der Waals surface area contributed by atoms with Gasteiger partial charge in [-0.2, -0.15) is 0 Å². The third kappa shape index (κ3) is 2.79. The van der Waals surface area contributed by atoms with Gasteiger partial charge in [0.25, 0.3) is 0 Å². The average molecular weight is 419 g/mol. The molecule has 2 bridgehead atoms. The number of fused-ring (bicyclic) bond motifs is 4. The van der Waals surface area contributed by atoms with E-state index < -0.39 is 5.78 Å². The Hall–Kier alpha value is -3.52. The maximum absolute atomic E-state index is 12.9. The summed E-state index contributed by atoms with van der Waals surface area (Å²) in [6.07, 6.45) is 8.06. The van der Waals surface area contributed by atoms with Crippen molar-refractivity contribution in [2.75, 3.05) is 18.0 Å². The van der Waals surface area contributed by atoms with Crippen molar-refractivity contribution in [3.63, 3.8) is 0 Å². The molecule has 0 aliphatic carbocycles. The molecule has 8 heteroatoms. The molecule has 2 fully saturated rings. The maximum atomic E-state index is 12.9. The molecule has 1 aromatic carbocycles. The summed E-state index contributed by atoms with van der Waals surface area (Å²) in [5, 5.41) is 20.7. The lowest BCUT2D eigenvalue weighted by molar-refractivity contribution is 0.0306. The van der Waals surface area contributed by atoms with Gasteiger partial charge in [0, 0.05) is 55.6 Å². The van der Waals surface area contributed by atoms with Crippen LogP contribution >= 0.6 is 0 Å². The van der Waals surface area contributed by atoms with Gasteiger partial charge in [0.2, 0.25) is 5.78 Å². The topological polar surface area (TPSA) is 97.0 Å². The molecule has 3 aliphatic heterocycles. The zero-order valence-corrected chi connectivity index (χ0v) is 16.9. The van der Waals surface area contributed by atoms with Gasteiger partial charge in [0.1, 0.15) is 28.5 Å². The van der Waals surface area contributed by atoms with Gasteiger partial charge in [0.15, 0.2) is 5.76 Å². The Morgan fingerprint density at radius 3 is 2.74 bits per heavy atom. The van der Waals surface area contributed by atoms with E-state index in [1.165, 1.54) is 6.07 Å². The lowest BCUT2D eigenvalue weighted by Gasteiger charge is -2.34. The molecular weight excluding hydrogens is 398 g/mol. The van der Waals surface area contributed by atoms with Crippen molar-refractivity contribution in [1.29, 1.82) is 0 Å². The van der Waals surface area contributed by atoms with Crippen LogP contribution in [0, 0.1) is 0 Å². The van der Waals surface area contributed by atoms with E-state index in [0.29, 0.717) is 0 Å². The second-order valence-electron chi connectivity index (χ2n) is 8.36. The molecule has 0 radical (unpaired) electrons. The van der Waals surface area contributed by atoms with Crippen molar-refractivity contribution in [2.24, 2.45) is 7.05 Å². The number of allylic oxidation sites excluding steroid dienone is 1. The summed E-state index contributed by atoms with van der Waals surface area (Å²) in [6, 6.07) is 4.47. The van der Waals surface area contributed by atoms with Crippen LogP contribution in [0.25, 0.3) is 17.1 Å². The quantitative estimate of drug-likeness (QED) is 0.617. The predicted molar refractivity (Wildman–Crippen MR) is 114 cm³/mol. The molecule has 8 nitrogen and oxygen atoms in total. The monoisotopic (exact) mass is 419 g/mol. The van der Waals surface area contributed by atoms with Gasteiger partial charge in [-0.15, -0.1) is 0 Å². The molecule has 0 spiro atoms. The van der Waals surface area contributed by atoms with Crippen LogP contribution in [0.4, 0.5) is 5.69 Å². The number of aryl methyl sites for hydroxylation is 1. The minimum atomic E-state index is -0.417. The molecule has 31 heavy (non-hydrogen) atoms. The highest BCUT2D eigenvalue weighted by Crippen LogP contribution is 2.42. The van der Waals surface area contributed by atoms with Crippen molar-refractivity contribution < 1.29 is 24.5 Å². The largest absolute Gasteiger partial charge is 0.508 e. The SMILES string of the molecule is Cn1cc(C=C2Oc3cc(O)cc(O)c3C2=O)c2c(N3CC4CCC(C3)O4)ccnc21. The summed E-state index contributed by atoms with van der Waals surface area (Å²) in [4.78, 5) is 19.8. The van der Waals surface area contributed by atoms with E-state index in [4.69, 9.17) is 9.47 Å². The summed E-state index contributed by atoms with van der Waals surface area (Å²) in [6.45, 7) is 1.66. The van der Waals surface area contributed by atoms with Gasteiger partial charge in [-0.1, -0.05) is 0 Å². The molecule has 2 aromatic heterocycles. The first-order valence-electron chi connectivity index (χ1n) is 10.3. The van der Waals surface area contributed by atoms with Crippen LogP contribution in [-0.2, 0) is 11.8 Å². The standard InChI is InChI=1S/C23H21N3O5/c1-25-9-12(6-19-22(29)21-17(28)7-13(27)8-18(21)31-19)20-16(4-5-24-23(20)25)26-10-14-2-3-15(11-26)30-14/h4-9,14-15,27-28H,2-3,10-11H2,1H3. The number of phenols is 2. The van der Waals surface area contributed by atoms with Crippen molar-refractivity contribution in [3.8, 4) is 17.2 Å². The maximum Gasteiger partial charge on any atom is 0.235 e. The van der Waals surface area contributed by atoms with Crippen LogP contribution in [0.2, 0.25) is 0 Å². The number of Topliss-reactive ketones (excluding diaryl/α,β-unsaturated/α-hetero) is 1. The third-order valence-electron chi connectivity index (χ3n) is 6.27. The number of benzene rings is 1. The highest BCUT2D eigenvalue weighted by Gasteiger charge is 2.35. The van der Waals surface area contributed by atoms with Crippen molar-refractivity contribution in [2.45, 2.75) is 25.0 Å². The van der Waals surface area contributed by atoms with E-state index in [2.05, 4.69) is 9.88 Å². The highest BCUT2D eigenvalue weighted by molar-refractivity contribution is 6.17. The Labute approximate surface area is 177 Å². The Morgan fingerprint density at radius 2 is 1.97 bits per heavy atom. The first kappa shape index (κ1) is 18.3. The number of pyridine rings is 1. The molecule has 3 aliphatic rings. The number of ether oxygens (including phenoxy) is 2. The fourth-order valence-electron chi connectivity index (χ4n) is 4.92. The molecule has 2 atom stereocenters. The Balaban J connectivity index is 1.46. The van der Waals surface area contributed by atoms with E-state index in [1.807, 2.05) is 23.9 Å². The molecule has 2 N–H and O–H groups in total. The summed E-state index contributed by atoms with van der Waals surface area (Å²) in [5.74, 6) is -0.631. The van der Waals surface area contributed by atoms with Gasteiger partial charge in [-0.05, 0) is 25.0 Å². The molecule has 6 rings (SSSR count). The van der Waals surface area contributed by atoms with E-state index >= 15 is 0 Å². The first-order chi connectivity index (χ1) is 15.0. The van der Waals surface area contributed by atoms with E-state index in [-0.39, 0.29) is 40.8 Å². The fraction of sp³-hybridized carbons (Fsp3) is 0.304. The van der Waals surface area contributed by atoms with Gasteiger partial charge in [-0.3, -0.25) is 4.79 Å². The first-order valence-corrected chi connectivity index (χ1v) is 10.3. The van der Waals surface area contributed by atoms with E-state index in [0.717, 1.165) is 54.3 Å². The van der Waals surface area contributed by atoms with Crippen molar-refractivity contribution >= 4 is 28.6 Å². The predicted octanol–water partition coefficient (Wildman–Crippen LogP) is 2.97. The number of rotatable bonds is 2. The number of phenolic OH excluding ortho intramolecular Hbond substituents is 2. The lowest BCUT2D eigenvalue weighted by Crippen LogP contribution is -2.42. The third-order valence-corrected chi connectivity index (χ3v) is 6.27. The van der Waals surface area contributed by atoms with Crippen LogP contribution in [0.5, 0.6) is 17.2 Å². The van der Waals surface area contributed by atoms with Crippen molar-refractivity contribution in [3.05, 3.63) is 47.5 Å². The summed E-state index contributed by atoms with van der Waals surface area (Å²) >= 11 is 0. The highest BCUT2D eigenvalue weighted by atomic mass is 16.5. The number of carbonyl (C=O) groups is 1. The minimum Gasteiger partial charge on any atom is -0.508 e. The zero-order chi connectivity index (χ0) is 21.3. The van der Waals surface area contributed by atoms with E-state index in [1.54, 1.807) is 12.3 Å². The molecule has 2 saturated heterocycles. The number of nitrogens with zero attached hydrogens (tertiary/aromatic N) is 3. The summed E-state index contributed by atoms with van der Waals surface area (Å²) in [7, 11) is 1.92. The molecule has 0 saturated carbocycles. The van der Waals surface area contributed by atoms with Crippen LogP contribution in [0.3, 0.4) is 0 Å². The number of carbonyl (C=O) groups excluding carboxylic acids is 1. The van der Waals surface area contributed by atoms with Gasteiger partial charge in [0.05, 0.1) is 17.9 Å². The number of aromatic nitrogens is 2. The van der Waals surface area contributed by atoms with Gasteiger partial charge < -0.3 is 29.2 Å². The number of hydrogen-bond acceptors (Lipinski definition) is 7. The van der Waals surface area contributed by atoms with Crippen LogP contribution in [0.1, 0.15) is 28.8 Å². The molecule has 0 amide bonds. The van der Waals surface area contributed by atoms with Crippen LogP contribution < -0.4 is 9.64 Å². The number of anilines is 1. The molecule has 3 aromatic rings. The number of aromatic hydroxyl groups is 2. The smallest absolute Gasteiger partial charge is 0.235 e. The molecule has 158 valence electrons. The fourth-order valence-corrected chi connectivity index (χ4v) is 4.92. The normalized spacial score (nSPS) is 23.6. The van der Waals surface area contributed by atoms with Crippen LogP contribution in [-0.4, -0.2) is 50.8 Å². The summed E-state index contributed by atoms with van der Waals surface area (Å²) < 4.78 is 13.6. The minimum absolute atomic E-state index is 0.0624. The van der Waals surface area contributed by atoms with Gasteiger partial charge >= 0.3 is 0 Å². The van der Waals surface area contributed by atoms with Crippen LogP contribution in [0.15, 0.2) is 36.4 Å². The Bertz CT molecular complexity index is 1270. The van der Waals surface area contributed by atoms with Gasteiger partial charge in [-0.25, -0.2) is 4.98 Å². The average Bonchev–Trinajstić information content (AvgIpc) is 3.35. The van der Waals surface area contributed by atoms with E-state index in [9.17, 15) is 15.0 Å². The molecule has 2 unspecified atom stereocenters. The Morgan fingerprint density at radius 1 is 1.19 bits per heavy atom. The summed E-state index contributed by atoms with van der Waals surface area (Å²) in [5.41, 5.74) is 2.74. The molecule has 5 heterocycles. The lowest BCUT2D eigenvalue weighted by atomic mass is 10.1. The molecular formula is C23H21N3O5. The number of morpholine rings is 1. The number of ketones is 1.